The van der Waals surface area contributed by atoms with E-state index < -0.39 is 0 Å². The van der Waals surface area contributed by atoms with Gasteiger partial charge in [-0.15, -0.1) is 0 Å². The fraction of sp³-hybridized carbons (Fsp3) is 1.00. The van der Waals surface area contributed by atoms with E-state index in [0.29, 0.717) is 11.3 Å². The third-order valence-corrected chi connectivity index (χ3v) is 2.32. The minimum Gasteiger partial charge on any atom is -0.391 e. The summed E-state index contributed by atoms with van der Waals surface area (Å²) in [7, 11) is 0. The monoisotopic (exact) mass is 176 g/mol. The lowest BCUT2D eigenvalue weighted by atomic mass is 10.4. The number of hydrogen-bond acceptors (Lipinski definition) is 2. The SMILES string of the molecule is CC[N+](CC)(CC)OC[C@@H](C)O. The van der Waals surface area contributed by atoms with Crippen molar-refractivity contribution in [3.8, 4) is 0 Å². The second-order valence-corrected chi connectivity index (χ2v) is 3.15. The highest BCUT2D eigenvalue weighted by Gasteiger charge is 2.23. The first-order valence-corrected chi connectivity index (χ1v) is 4.79. The Kier molecular flexibility index (Phi) is 5.46. The summed E-state index contributed by atoms with van der Waals surface area (Å²) >= 11 is 0. The molecule has 0 amide bonds. The Balaban J connectivity index is 3.93. The summed E-state index contributed by atoms with van der Waals surface area (Å²) in [6.45, 7) is 11.4. The molecule has 0 aliphatic rings. The van der Waals surface area contributed by atoms with Crippen molar-refractivity contribution in [3.63, 3.8) is 0 Å². The molecular formula is C9H22NO2+. The number of hydroxylamine groups is 3. The Morgan fingerprint density at radius 3 is 1.83 bits per heavy atom. The van der Waals surface area contributed by atoms with Crippen molar-refractivity contribution in [2.45, 2.75) is 33.8 Å². The van der Waals surface area contributed by atoms with Crippen LogP contribution in [0.5, 0.6) is 0 Å². The van der Waals surface area contributed by atoms with Crippen LogP contribution >= 0.6 is 0 Å². The zero-order valence-corrected chi connectivity index (χ0v) is 8.71. The van der Waals surface area contributed by atoms with E-state index in [4.69, 9.17) is 9.94 Å². The maximum absolute atomic E-state index is 9.07. The van der Waals surface area contributed by atoms with Gasteiger partial charge in [0, 0.05) is 0 Å². The summed E-state index contributed by atoms with van der Waals surface area (Å²) in [6.07, 6.45) is -0.368. The van der Waals surface area contributed by atoms with Gasteiger partial charge in [0.1, 0.15) is 26.2 Å². The van der Waals surface area contributed by atoms with Gasteiger partial charge in [0.25, 0.3) is 0 Å². The summed E-state index contributed by atoms with van der Waals surface area (Å²) in [4.78, 5) is 5.63. The van der Waals surface area contributed by atoms with E-state index in [9.17, 15) is 0 Å². The smallest absolute Gasteiger partial charge is 0.132 e. The van der Waals surface area contributed by atoms with Crippen LogP contribution in [0, 0.1) is 0 Å². The Morgan fingerprint density at radius 2 is 1.58 bits per heavy atom. The Bertz CT molecular complexity index is 103. The van der Waals surface area contributed by atoms with E-state index in [0.717, 1.165) is 19.6 Å². The summed E-state index contributed by atoms with van der Waals surface area (Å²) in [6, 6.07) is 0. The largest absolute Gasteiger partial charge is 0.391 e. The molecule has 0 radical (unpaired) electrons. The van der Waals surface area contributed by atoms with Crippen LogP contribution in [0.4, 0.5) is 0 Å². The molecule has 0 saturated heterocycles. The number of aliphatic hydroxyl groups is 1. The summed E-state index contributed by atoms with van der Waals surface area (Å²) in [5, 5.41) is 9.07. The fourth-order valence-electron chi connectivity index (χ4n) is 1.21. The first kappa shape index (κ1) is 11.9. The minimum absolute atomic E-state index is 0.368. The van der Waals surface area contributed by atoms with Crippen LogP contribution in [0.3, 0.4) is 0 Å². The summed E-state index contributed by atoms with van der Waals surface area (Å²) in [5.41, 5.74) is 0. The van der Waals surface area contributed by atoms with Gasteiger partial charge in [-0.2, -0.15) is 4.65 Å². The summed E-state index contributed by atoms with van der Waals surface area (Å²) in [5.74, 6) is 0. The van der Waals surface area contributed by atoms with E-state index in [1.807, 2.05) is 0 Å². The zero-order chi connectivity index (χ0) is 9.61. The average Bonchev–Trinajstić information content (AvgIpc) is 2.08. The van der Waals surface area contributed by atoms with Gasteiger partial charge in [0.05, 0.1) is 6.10 Å². The first-order chi connectivity index (χ1) is 5.60. The third-order valence-electron chi connectivity index (χ3n) is 2.32. The van der Waals surface area contributed by atoms with Crippen LogP contribution in [-0.4, -0.2) is 42.1 Å². The normalized spacial score (nSPS) is 14.8. The number of quaternary nitrogens is 1. The first-order valence-electron chi connectivity index (χ1n) is 4.79. The molecule has 12 heavy (non-hydrogen) atoms. The highest BCUT2D eigenvalue weighted by Crippen LogP contribution is 2.07. The molecule has 3 nitrogen and oxygen atoms in total. The van der Waals surface area contributed by atoms with Gasteiger partial charge in [-0.05, 0) is 27.7 Å². The van der Waals surface area contributed by atoms with Crippen LogP contribution in [-0.2, 0) is 4.84 Å². The van der Waals surface area contributed by atoms with Crippen molar-refractivity contribution in [1.29, 1.82) is 0 Å². The van der Waals surface area contributed by atoms with Crippen LogP contribution < -0.4 is 0 Å². The van der Waals surface area contributed by atoms with Gasteiger partial charge in [0.2, 0.25) is 0 Å². The van der Waals surface area contributed by atoms with E-state index in [2.05, 4.69) is 20.8 Å². The molecule has 0 bridgehead atoms. The molecule has 0 fully saturated rings. The second kappa shape index (κ2) is 5.51. The van der Waals surface area contributed by atoms with Gasteiger partial charge >= 0.3 is 0 Å². The van der Waals surface area contributed by atoms with E-state index in [-0.39, 0.29) is 6.10 Å². The van der Waals surface area contributed by atoms with E-state index in [1.54, 1.807) is 6.92 Å². The van der Waals surface area contributed by atoms with Gasteiger partial charge in [-0.3, -0.25) is 0 Å². The molecule has 1 N–H and O–H groups in total. The predicted octanol–water partition coefficient (Wildman–Crippen LogP) is 1.18. The highest BCUT2D eigenvalue weighted by atomic mass is 16.7. The van der Waals surface area contributed by atoms with Crippen molar-refractivity contribution in [1.82, 2.24) is 0 Å². The third kappa shape index (κ3) is 3.52. The molecule has 0 saturated carbocycles. The molecule has 0 rings (SSSR count). The number of nitrogens with zero attached hydrogens (tertiary/aromatic N) is 1. The molecule has 74 valence electrons. The van der Waals surface area contributed by atoms with Crippen LogP contribution in [0.15, 0.2) is 0 Å². The average molecular weight is 176 g/mol. The Hall–Kier alpha value is -0.120. The lowest BCUT2D eigenvalue weighted by Crippen LogP contribution is -2.48. The van der Waals surface area contributed by atoms with Gasteiger partial charge in [0.15, 0.2) is 0 Å². The summed E-state index contributed by atoms with van der Waals surface area (Å²) < 4.78 is 0.644. The van der Waals surface area contributed by atoms with Crippen LogP contribution in [0.2, 0.25) is 0 Å². The molecule has 0 aromatic carbocycles. The second-order valence-electron chi connectivity index (χ2n) is 3.15. The molecule has 1 atom stereocenters. The number of rotatable bonds is 6. The van der Waals surface area contributed by atoms with Gasteiger partial charge < -0.3 is 5.11 Å². The molecule has 0 spiro atoms. The maximum Gasteiger partial charge on any atom is 0.132 e. The van der Waals surface area contributed by atoms with Crippen molar-refractivity contribution in [3.05, 3.63) is 0 Å². The number of aliphatic hydroxyl groups excluding tert-OH is 1. The van der Waals surface area contributed by atoms with Gasteiger partial charge in [-0.25, -0.2) is 4.84 Å². The molecule has 0 heterocycles. The number of hydrogen-bond donors (Lipinski definition) is 1. The van der Waals surface area contributed by atoms with Crippen molar-refractivity contribution in [2.75, 3.05) is 26.2 Å². The topological polar surface area (TPSA) is 29.5 Å². The molecule has 0 aromatic rings. The Labute approximate surface area is 75.5 Å². The van der Waals surface area contributed by atoms with E-state index >= 15 is 0 Å². The molecular weight excluding hydrogens is 154 g/mol. The van der Waals surface area contributed by atoms with Crippen molar-refractivity contribution < 1.29 is 14.6 Å². The fourth-order valence-corrected chi connectivity index (χ4v) is 1.21. The van der Waals surface area contributed by atoms with Crippen molar-refractivity contribution in [2.24, 2.45) is 0 Å². The van der Waals surface area contributed by atoms with Gasteiger partial charge in [-0.1, -0.05) is 0 Å². The molecule has 0 aliphatic carbocycles. The quantitative estimate of drug-likeness (QED) is 0.486. The van der Waals surface area contributed by atoms with E-state index in [1.165, 1.54) is 0 Å². The molecule has 0 aromatic heterocycles. The maximum atomic E-state index is 9.07. The van der Waals surface area contributed by atoms with Crippen molar-refractivity contribution >= 4 is 0 Å². The minimum atomic E-state index is -0.368. The Morgan fingerprint density at radius 1 is 1.17 bits per heavy atom. The molecule has 0 aliphatic heterocycles. The lowest BCUT2D eigenvalue weighted by Gasteiger charge is -2.32. The van der Waals surface area contributed by atoms with Crippen LogP contribution in [0.25, 0.3) is 0 Å². The molecule has 0 unspecified atom stereocenters. The lowest BCUT2D eigenvalue weighted by molar-refractivity contribution is -1.10. The van der Waals surface area contributed by atoms with Crippen LogP contribution in [0.1, 0.15) is 27.7 Å². The zero-order valence-electron chi connectivity index (χ0n) is 8.71. The standard InChI is InChI=1S/C9H22NO2/c1-5-10(6-2,7-3)12-8-9(4)11/h9,11H,5-8H2,1-4H3/q+1/t9-/m1/s1. The highest BCUT2D eigenvalue weighted by molar-refractivity contribution is 4.37. The predicted molar refractivity (Wildman–Crippen MR) is 49.5 cm³/mol. The molecule has 3 heteroatoms.